The van der Waals surface area contributed by atoms with Gasteiger partial charge in [0, 0.05) is 57.4 Å². The molecule has 3 aromatic heterocycles. The van der Waals surface area contributed by atoms with Crippen LogP contribution in [0.1, 0.15) is 0 Å². The Labute approximate surface area is 139 Å². The molecule has 0 N–H and O–H groups in total. The zero-order valence-corrected chi connectivity index (χ0v) is 13.3. The lowest BCUT2D eigenvalue weighted by Crippen LogP contribution is -2.47. The zero-order chi connectivity index (χ0) is 16.2. The van der Waals surface area contributed by atoms with E-state index in [1.165, 1.54) is 0 Å². The highest BCUT2D eigenvalue weighted by Crippen LogP contribution is 2.15. The van der Waals surface area contributed by atoms with Crippen LogP contribution in [0.25, 0.3) is 5.82 Å². The molecule has 0 aliphatic carbocycles. The molecule has 1 aliphatic rings. The molecule has 24 heavy (non-hydrogen) atoms. The SMILES string of the molecule is c1cnn(-c2cc(N3CCN(CCn4ccnn4)CC3)ncn2)c1. The Hall–Kier alpha value is -2.81. The maximum atomic E-state index is 4.42. The average molecular weight is 325 g/mol. The second-order valence-electron chi connectivity index (χ2n) is 5.68. The summed E-state index contributed by atoms with van der Waals surface area (Å²) in [7, 11) is 0. The molecule has 4 rings (SSSR count). The van der Waals surface area contributed by atoms with Crippen molar-refractivity contribution >= 4 is 5.82 Å². The highest BCUT2D eigenvalue weighted by atomic mass is 15.4. The fourth-order valence-corrected chi connectivity index (χ4v) is 2.84. The van der Waals surface area contributed by atoms with Crippen LogP contribution >= 0.6 is 0 Å². The predicted molar refractivity (Wildman–Crippen MR) is 87.8 cm³/mol. The second kappa shape index (κ2) is 6.75. The third-order valence-corrected chi connectivity index (χ3v) is 4.19. The first-order chi connectivity index (χ1) is 11.9. The van der Waals surface area contributed by atoms with E-state index < -0.39 is 0 Å². The number of nitrogens with zero attached hydrogens (tertiary/aromatic N) is 9. The Balaban J connectivity index is 1.35. The molecule has 1 aliphatic heterocycles. The van der Waals surface area contributed by atoms with Gasteiger partial charge in [0.1, 0.15) is 12.1 Å². The number of hydrogen-bond donors (Lipinski definition) is 0. The predicted octanol–water partition coefficient (Wildman–Crippen LogP) is 0.0760. The zero-order valence-electron chi connectivity index (χ0n) is 13.3. The van der Waals surface area contributed by atoms with Gasteiger partial charge in [-0.3, -0.25) is 9.58 Å². The van der Waals surface area contributed by atoms with Crippen LogP contribution in [0.4, 0.5) is 5.82 Å². The van der Waals surface area contributed by atoms with Crippen LogP contribution in [0, 0.1) is 0 Å². The largest absolute Gasteiger partial charge is 0.354 e. The monoisotopic (exact) mass is 325 g/mol. The first-order valence-electron chi connectivity index (χ1n) is 8.02. The van der Waals surface area contributed by atoms with Gasteiger partial charge < -0.3 is 4.90 Å². The van der Waals surface area contributed by atoms with Crippen molar-refractivity contribution in [3.8, 4) is 5.82 Å². The minimum atomic E-state index is 0.790. The van der Waals surface area contributed by atoms with Crippen molar-refractivity contribution in [2.24, 2.45) is 0 Å². The number of piperazine rings is 1. The third kappa shape index (κ3) is 3.25. The fraction of sp³-hybridized carbons (Fsp3) is 0.400. The van der Waals surface area contributed by atoms with Gasteiger partial charge in [0.05, 0.1) is 12.7 Å². The third-order valence-electron chi connectivity index (χ3n) is 4.19. The van der Waals surface area contributed by atoms with E-state index in [9.17, 15) is 0 Å². The smallest absolute Gasteiger partial charge is 0.158 e. The molecule has 0 spiro atoms. The summed E-state index contributed by atoms with van der Waals surface area (Å²) in [4.78, 5) is 13.4. The molecule has 1 saturated heterocycles. The summed E-state index contributed by atoms with van der Waals surface area (Å²) in [5, 5.41) is 12.1. The van der Waals surface area contributed by atoms with Gasteiger partial charge in [-0.1, -0.05) is 5.21 Å². The topological polar surface area (TPSA) is 80.8 Å². The van der Waals surface area contributed by atoms with E-state index in [0.717, 1.165) is 50.9 Å². The quantitative estimate of drug-likeness (QED) is 0.657. The molecule has 0 radical (unpaired) electrons. The molecule has 3 aromatic rings. The van der Waals surface area contributed by atoms with E-state index in [2.05, 4.69) is 35.2 Å². The number of anilines is 1. The summed E-state index contributed by atoms with van der Waals surface area (Å²) in [5.41, 5.74) is 0. The van der Waals surface area contributed by atoms with Crippen molar-refractivity contribution in [3.05, 3.63) is 43.2 Å². The molecule has 0 atom stereocenters. The van der Waals surface area contributed by atoms with E-state index in [1.807, 2.05) is 29.2 Å². The first-order valence-corrected chi connectivity index (χ1v) is 8.02. The van der Waals surface area contributed by atoms with E-state index in [4.69, 9.17) is 0 Å². The first kappa shape index (κ1) is 14.8. The summed E-state index contributed by atoms with van der Waals surface area (Å²) in [6.45, 7) is 5.78. The van der Waals surface area contributed by atoms with Crippen LogP contribution in [0.3, 0.4) is 0 Å². The molecule has 124 valence electrons. The van der Waals surface area contributed by atoms with Crippen molar-refractivity contribution in [1.82, 2.24) is 39.6 Å². The molecule has 0 unspecified atom stereocenters. The Kier molecular flexibility index (Phi) is 4.15. The lowest BCUT2D eigenvalue weighted by molar-refractivity contribution is 0.243. The Morgan fingerprint density at radius 2 is 1.79 bits per heavy atom. The average Bonchev–Trinajstić information content (AvgIpc) is 3.34. The molecule has 0 bridgehead atoms. The summed E-state index contributed by atoms with van der Waals surface area (Å²) in [6, 6.07) is 3.87. The maximum absolute atomic E-state index is 4.42. The van der Waals surface area contributed by atoms with Crippen LogP contribution < -0.4 is 4.90 Å². The Morgan fingerprint density at radius 3 is 2.54 bits per heavy atom. The van der Waals surface area contributed by atoms with E-state index in [1.54, 1.807) is 23.4 Å². The highest BCUT2D eigenvalue weighted by molar-refractivity contribution is 5.43. The molecule has 9 nitrogen and oxygen atoms in total. The molecular formula is C15H19N9. The normalized spacial score (nSPS) is 15.8. The van der Waals surface area contributed by atoms with Crippen molar-refractivity contribution in [1.29, 1.82) is 0 Å². The van der Waals surface area contributed by atoms with Gasteiger partial charge in [-0.05, 0) is 6.07 Å². The van der Waals surface area contributed by atoms with Gasteiger partial charge in [-0.25, -0.2) is 14.6 Å². The molecule has 0 amide bonds. The van der Waals surface area contributed by atoms with Crippen molar-refractivity contribution in [3.63, 3.8) is 0 Å². The molecular weight excluding hydrogens is 306 g/mol. The van der Waals surface area contributed by atoms with Crippen LogP contribution in [0.2, 0.25) is 0 Å². The molecule has 9 heteroatoms. The molecule has 1 fully saturated rings. The molecule has 0 aromatic carbocycles. The van der Waals surface area contributed by atoms with Crippen LogP contribution in [-0.4, -0.2) is 72.4 Å². The van der Waals surface area contributed by atoms with E-state index >= 15 is 0 Å². The van der Waals surface area contributed by atoms with Gasteiger partial charge in [0.15, 0.2) is 5.82 Å². The summed E-state index contributed by atoms with van der Waals surface area (Å²) in [6.07, 6.45) is 8.84. The maximum Gasteiger partial charge on any atom is 0.158 e. The Bertz CT molecular complexity index is 745. The standard InChI is InChI=1S/C15H19N9/c1-2-19-24(4-1)15-12-14(16-13-17-15)22-9-6-21(7-10-22)8-11-23-5-3-18-20-23/h1-5,12-13H,6-11H2. The number of rotatable bonds is 5. The van der Waals surface area contributed by atoms with Gasteiger partial charge in [0.2, 0.25) is 0 Å². The second-order valence-corrected chi connectivity index (χ2v) is 5.68. The van der Waals surface area contributed by atoms with Crippen LogP contribution in [0.15, 0.2) is 43.2 Å². The van der Waals surface area contributed by atoms with Crippen LogP contribution in [0.5, 0.6) is 0 Å². The molecule has 0 saturated carbocycles. The van der Waals surface area contributed by atoms with Crippen LogP contribution in [-0.2, 0) is 6.54 Å². The summed E-state index contributed by atoms with van der Waals surface area (Å²) in [5.74, 6) is 1.74. The highest BCUT2D eigenvalue weighted by Gasteiger charge is 2.18. The minimum absolute atomic E-state index is 0.790. The minimum Gasteiger partial charge on any atom is -0.354 e. The van der Waals surface area contributed by atoms with Crippen molar-refractivity contribution in [2.75, 3.05) is 37.6 Å². The Morgan fingerprint density at radius 1 is 0.917 bits per heavy atom. The lowest BCUT2D eigenvalue weighted by atomic mass is 10.3. The fourth-order valence-electron chi connectivity index (χ4n) is 2.84. The van der Waals surface area contributed by atoms with E-state index in [0.29, 0.717) is 0 Å². The molecule has 4 heterocycles. The van der Waals surface area contributed by atoms with Crippen molar-refractivity contribution < 1.29 is 0 Å². The lowest BCUT2D eigenvalue weighted by Gasteiger charge is -2.35. The van der Waals surface area contributed by atoms with Gasteiger partial charge in [-0.2, -0.15) is 5.10 Å². The summed E-state index contributed by atoms with van der Waals surface area (Å²) < 4.78 is 3.62. The number of hydrogen-bond acceptors (Lipinski definition) is 7. The number of aromatic nitrogens is 7. The van der Waals surface area contributed by atoms with Crippen molar-refractivity contribution in [2.45, 2.75) is 6.54 Å². The summed E-state index contributed by atoms with van der Waals surface area (Å²) >= 11 is 0. The van der Waals surface area contributed by atoms with Gasteiger partial charge >= 0.3 is 0 Å². The van der Waals surface area contributed by atoms with Gasteiger partial charge in [0.25, 0.3) is 0 Å². The van der Waals surface area contributed by atoms with Gasteiger partial charge in [-0.15, -0.1) is 5.10 Å². The van der Waals surface area contributed by atoms with E-state index in [-0.39, 0.29) is 0 Å².